The van der Waals surface area contributed by atoms with Crippen LogP contribution in [0.5, 0.6) is 0 Å². The van der Waals surface area contributed by atoms with Gasteiger partial charge in [0.2, 0.25) is 0 Å². The third kappa shape index (κ3) is 5.92. The third-order valence-electron chi connectivity index (χ3n) is 5.13. The smallest absolute Gasteiger partial charge is 0.191 e. The Morgan fingerprint density at radius 1 is 1.22 bits per heavy atom. The van der Waals surface area contributed by atoms with Crippen molar-refractivity contribution in [3.05, 3.63) is 59.4 Å². The lowest BCUT2D eigenvalue weighted by molar-refractivity contribution is -0.112. The van der Waals surface area contributed by atoms with E-state index in [0.29, 0.717) is 5.92 Å². The lowest BCUT2D eigenvalue weighted by Gasteiger charge is -2.29. The van der Waals surface area contributed by atoms with Gasteiger partial charge in [-0.25, -0.2) is 0 Å². The van der Waals surface area contributed by atoms with Gasteiger partial charge in [-0.05, 0) is 29.4 Å². The maximum absolute atomic E-state index is 13.5. The average molecular weight is 367 g/mol. The molecular weight excluding hydrogens is 332 g/mol. The van der Waals surface area contributed by atoms with Gasteiger partial charge in [0.05, 0.1) is 0 Å². The van der Waals surface area contributed by atoms with Gasteiger partial charge in [-0.15, -0.1) is 0 Å². The minimum absolute atomic E-state index is 0.0178. The molecule has 0 amide bonds. The Morgan fingerprint density at radius 3 is 2.56 bits per heavy atom. The molecule has 2 aliphatic rings. The summed E-state index contributed by atoms with van der Waals surface area (Å²) in [4.78, 5) is 19.9. The highest BCUT2D eigenvalue weighted by atomic mass is 16.1. The molecule has 0 aromatic carbocycles. The molecule has 27 heavy (non-hydrogen) atoms. The van der Waals surface area contributed by atoms with Crippen LogP contribution in [0, 0.1) is 16.7 Å². The molecule has 1 aliphatic heterocycles. The minimum atomic E-state index is -0.0178. The Bertz CT molecular complexity index is 750. The van der Waals surface area contributed by atoms with Crippen LogP contribution in [-0.4, -0.2) is 37.5 Å². The fourth-order valence-electron chi connectivity index (χ4n) is 3.17. The normalized spacial score (nSPS) is 22.6. The summed E-state index contributed by atoms with van der Waals surface area (Å²) in [7, 11) is 3.91. The number of Topliss-reactive ketones (excluding diaryl/α,β-unsaturated/α-hetero) is 1. The van der Waals surface area contributed by atoms with E-state index in [-0.39, 0.29) is 16.6 Å². The Kier molecular flexibility index (Phi) is 6.46. The maximum Gasteiger partial charge on any atom is 0.191 e. The zero-order valence-electron chi connectivity index (χ0n) is 17.9. The van der Waals surface area contributed by atoms with Crippen molar-refractivity contribution in [1.29, 1.82) is 0 Å². The van der Waals surface area contributed by atoms with Crippen molar-refractivity contribution in [2.24, 2.45) is 21.7 Å². The summed E-state index contributed by atoms with van der Waals surface area (Å²) < 4.78 is 0. The lowest BCUT2D eigenvalue weighted by Crippen LogP contribution is -2.25. The van der Waals surface area contributed by atoms with E-state index >= 15 is 0 Å². The summed E-state index contributed by atoms with van der Waals surface area (Å²) >= 11 is 0. The van der Waals surface area contributed by atoms with Crippen molar-refractivity contribution < 1.29 is 4.79 Å². The van der Waals surface area contributed by atoms with E-state index in [2.05, 4.69) is 57.8 Å². The molecule has 2 rings (SSSR count). The topological polar surface area (TPSA) is 32.7 Å². The quantitative estimate of drug-likeness (QED) is 0.645. The van der Waals surface area contributed by atoms with Crippen molar-refractivity contribution >= 4 is 12.0 Å². The number of hydrogen-bond donors (Lipinski definition) is 0. The Hall–Kier alpha value is -2.16. The predicted octanol–water partition coefficient (Wildman–Crippen LogP) is 5.14. The van der Waals surface area contributed by atoms with E-state index in [9.17, 15) is 4.79 Å². The van der Waals surface area contributed by atoms with Crippen molar-refractivity contribution in [2.75, 3.05) is 20.6 Å². The zero-order valence-corrected chi connectivity index (χ0v) is 17.9. The number of carbonyl (C=O) groups excluding carboxylic acids is 1. The van der Waals surface area contributed by atoms with Crippen LogP contribution >= 0.6 is 0 Å². The third-order valence-corrected chi connectivity index (χ3v) is 5.13. The van der Waals surface area contributed by atoms with Gasteiger partial charge in [-0.2, -0.15) is 0 Å². The van der Waals surface area contributed by atoms with Crippen molar-refractivity contribution in [2.45, 2.75) is 41.0 Å². The second-order valence-corrected chi connectivity index (χ2v) is 9.44. The first kappa shape index (κ1) is 21.1. The first-order chi connectivity index (χ1) is 12.5. The van der Waals surface area contributed by atoms with Crippen molar-refractivity contribution in [1.82, 2.24) is 4.90 Å². The monoisotopic (exact) mass is 366 g/mol. The lowest BCUT2D eigenvalue weighted by atomic mass is 9.76. The molecular formula is C24H34N2O. The summed E-state index contributed by atoms with van der Waals surface area (Å²) in [5.74, 6) is 0.444. The van der Waals surface area contributed by atoms with Crippen LogP contribution in [0.25, 0.3) is 0 Å². The number of carbonyl (C=O) groups is 1. The number of hydrogen-bond acceptors (Lipinski definition) is 3. The van der Waals surface area contributed by atoms with E-state index in [0.717, 1.165) is 29.7 Å². The molecule has 0 saturated carbocycles. The minimum Gasteiger partial charge on any atom is -0.383 e. The maximum atomic E-state index is 13.5. The van der Waals surface area contributed by atoms with E-state index in [1.54, 1.807) is 6.21 Å². The van der Waals surface area contributed by atoms with Gasteiger partial charge >= 0.3 is 0 Å². The van der Waals surface area contributed by atoms with Gasteiger partial charge < -0.3 is 4.90 Å². The number of nitrogens with zero attached hydrogens (tertiary/aromatic N) is 2. The molecule has 3 heteroatoms. The molecule has 1 aliphatic carbocycles. The van der Waals surface area contributed by atoms with Crippen LogP contribution in [-0.2, 0) is 4.79 Å². The first-order valence-corrected chi connectivity index (χ1v) is 9.71. The Balaban J connectivity index is 2.39. The molecule has 0 aromatic heterocycles. The molecule has 0 fully saturated rings. The highest BCUT2D eigenvalue weighted by Gasteiger charge is 2.29. The van der Waals surface area contributed by atoms with Gasteiger partial charge in [-0.3, -0.25) is 9.79 Å². The van der Waals surface area contributed by atoms with Gasteiger partial charge in [0, 0.05) is 49.6 Å². The second kappa shape index (κ2) is 8.24. The van der Waals surface area contributed by atoms with Crippen LogP contribution in [0.2, 0.25) is 0 Å². The van der Waals surface area contributed by atoms with Gasteiger partial charge in [-0.1, -0.05) is 65.0 Å². The van der Waals surface area contributed by atoms with E-state index in [1.807, 2.05) is 43.4 Å². The molecule has 0 bridgehead atoms. The number of aliphatic imine (C=N–C) groups is 1. The van der Waals surface area contributed by atoms with Gasteiger partial charge in [0.15, 0.2) is 5.78 Å². The molecule has 146 valence electrons. The summed E-state index contributed by atoms with van der Waals surface area (Å²) in [6.07, 6.45) is 16.8. The molecule has 0 aromatic rings. The summed E-state index contributed by atoms with van der Waals surface area (Å²) in [6.45, 7) is 11.8. The van der Waals surface area contributed by atoms with Crippen molar-refractivity contribution in [3.63, 3.8) is 0 Å². The molecule has 1 heterocycles. The SMILES string of the molecule is CN(C)/C=C(/C(=O)C1=CC=NCC(C(C)(C)C)C1)C1=CC=CC(C)(C)C=C1. The summed E-state index contributed by atoms with van der Waals surface area (Å²) in [5, 5.41) is 0. The fraction of sp³-hybridized carbons (Fsp3) is 0.500. The highest BCUT2D eigenvalue weighted by Crippen LogP contribution is 2.34. The predicted molar refractivity (Wildman–Crippen MR) is 116 cm³/mol. The van der Waals surface area contributed by atoms with E-state index in [1.165, 1.54) is 0 Å². The fourth-order valence-corrected chi connectivity index (χ4v) is 3.17. The molecule has 0 saturated heterocycles. The standard InChI is InChI=1S/C24H34N2O/c1-23(2,3)20-15-19(11-14-25-16-20)22(27)21(17-26(6)7)18-9-8-12-24(4,5)13-10-18/h8-14,17,20H,15-16H2,1-7H3/b21-17+. The van der Waals surface area contributed by atoms with Crippen LogP contribution in [0.1, 0.15) is 41.0 Å². The van der Waals surface area contributed by atoms with E-state index in [4.69, 9.17) is 0 Å². The number of ketones is 1. The largest absolute Gasteiger partial charge is 0.383 e. The van der Waals surface area contributed by atoms with Crippen LogP contribution in [0.4, 0.5) is 0 Å². The first-order valence-electron chi connectivity index (χ1n) is 9.71. The van der Waals surface area contributed by atoms with Crippen LogP contribution < -0.4 is 0 Å². The average Bonchev–Trinajstić information content (AvgIpc) is 2.89. The Morgan fingerprint density at radius 2 is 1.93 bits per heavy atom. The summed E-state index contributed by atoms with van der Waals surface area (Å²) in [6, 6.07) is 0. The highest BCUT2D eigenvalue weighted by molar-refractivity contribution is 6.13. The van der Waals surface area contributed by atoms with Crippen LogP contribution in [0.3, 0.4) is 0 Å². The molecule has 0 N–H and O–H groups in total. The van der Waals surface area contributed by atoms with Crippen LogP contribution in [0.15, 0.2) is 64.4 Å². The Labute approximate surface area is 164 Å². The second-order valence-electron chi connectivity index (χ2n) is 9.44. The molecule has 1 atom stereocenters. The van der Waals surface area contributed by atoms with Gasteiger partial charge in [0.1, 0.15) is 0 Å². The molecule has 3 nitrogen and oxygen atoms in total. The number of rotatable bonds is 4. The summed E-state index contributed by atoms with van der Waals surface area (Å²) in [5.41, 5.74) is 2.61. The van der Waals surface area contributed by atoms with E-state index < -0.39 is 0 Å². The molecule has 1 unspecified atom stereocenters. The number of allylic oxidation sites excluding steroid dienone is 9. The van der Waals surface area contributed by atoms with Crippen molar-refractivity contribution in [3.8, 4) is 0 Å². The van der Waals surface area contributed by atoms with Gasteiger partial charge in [0.25, 0.3) is 0 Å². The zero-order chi connectivity index (χ0) is 20.2. The molecule has 0 spiro atoms. The molecule has 0 radical (unpaired) electrons.